The number of aryl methyl sites for hydroxylation is 1. The van der Waals surface area contributed by atoms with Gasteiger partial charge in [0.2, 0.25) is 10.0 Å². The van der Waals surface area contributed by atoms with E-state index in [1.54, 1.807) is 0 Å². The zero-order valence-electron chi connectivity index (χ0n) is 13.7. The minimum Gasteiger partial charge on any atom is -0.377 e. The molecule has 7 nitrogen and oxygen atoms in total. The molecule has 1 atom stereocenters. The fourth-order valence-corrected chi connectivity index (χ4v) is 4.21. The molecule has 1 aromatic carbocycles. The molecule has 2 N–H and O–H groups in total. The van der Waals surface area contributed by atoms with Crippen molar-refractivity contribution in [3.63, 3.8) is 0 Å². The van der Waals surface area contributed by atoms with Crippen LogP contribution in [-0.4, -0.2) is 38.6 Å². The van der Waals surface area contributed by atoms with Crippen molar-refractivity contribution in [1.82, 2.24) is 9.71 Å². The quantitative estimate of drug-likeness (QED) is 0.799. The number of anilines is 1. The van der Waals surface area contributed by atoms with E-state index >= 15 is 0 Å². The Morgan fingerprint density at radius 1 is 1.36 bits per heavy atom. The van der Waals surface area contributed by atoms with Gasteiger partial charge >= 0.3 is 0 Å². The van der Waals surface area contributed by atoms with Crippen molar-refractivity contribution in [3.8, 4) is 0 Å². The molecule has 1 aliphatic rings. The van der Waals surface area contributed by atoms with Crippen LogP contribution in [0.5, 0.6) is 0 Å². The molecule has 0 saturated carbocycles. The van der Waals surface area contributed by atoms with Crippen molar-refractivity contribution < 1.29 is 17.9 Å². The molecule has 1 unspecified atom stereocenters. The van der Waals surface area contributed by atoms with Gasteiger partial charge in [-0.3, -0.25) is 10.1 Å². The van der Waals surface area contributed by atoms with E-state index in [2.05, 4.69) is 15.0 Å². The van der Waals surface area contributed by atoms with Gasteiger partial charge in [0, 0.05) is 24.1 Å². The van der Waals surface area contributed by atoms with Crippen LogP contribution in [-0.2, 0) is 14.8 Å². The van der Waals surface area contributed by atoms with Crippen molar-refractivity contribution in [1.29, 1.82) is 0 Å². The van der Waals surface area contributed by atoms with E-state index in [-0.39, 0.29) is 23.5 Å². The Bertz CT molecular complexity index is 841. The van der Waals surface area contributed by atoms with E-state index in [0.717, 1.165) is 18.5 Å². The normalized spacial score (nSPS) is 17.6. The van der Waals surface area contributed by atoms with Crippen molar-refractivity contribution in [2.75, 3.05) is 18.5 Å². The predicted molar refractivity (Wildman–Crippen MR) is 95.4 cm³/mol. The van der Waals surface area contributed by atoms with Crippen LogP contribution in [0.1, 0.15) is 28.9 Å². The molecule has 0 radical (unpaired) electrons. The number of carbonyl (C=O) groups is 1. The monoisotopic (exact) mass is 381 g/mol. The molecular weight excluding hydrogens is 362 g/mol. The number of sulfonamides is 1. The summed E-state index contributed by atoms with van der Waals surface area (Å²) in [7, 11) is -3.62. The molecule has 0 bridgehead atoms. The maximum atomic E-state index is 12.3. The first-order chi connectivity index (χ1) is 11.9. The molecule has 1 amide bonds. The van der Waals surface area contributed by atoms with Crippen molar-refractivity contribution >= 4 is 32.4 Å². The highest BCUT2D eigenvalue weighted by Crippen LogP contribution is 2.17. The van der Waals surface area contributed by atoms with Gasteiger partial charge in [-0.25, -0.2) is 18.1 Å². The first-order valence-electron chi connectivity index (χ1n) is 7.89. The predicted octanol–water partition coefficient (Wildman–Crippen LogP) is 2.16. The van der Waals surface area contributed by atoms with Crippen molar-refractivity contribution in [2.45, 2.75) is 30.8 Å². The second-order valence-corrected chi connectivity index (χ2v) is 8.38. The fraction of sp³-hybridized carbons (Fsp3) is 0.375. The highest BCUT2D eigenvalue weighted by molar-refractivity contribution is 7.89. The van der Waals surface area contributed by atoms with Gasteiger partial charge in [0.05, 0.1) is 16.7 Å². The molecule has 0 aliphatic carbocycles. The Morgan fingerprint density at radius 2 is 2.12 bits per heavy atom. The molecular formula is C16H19N3O4S2. The van der Waals surface area contributed by atoms with Gasteiger partial charge < -0.3 is 4.74 Å². The third kappa shape index (κ3) is 4.63. The summed E-state index contributed by atoms with van der Waals surface area (Å²) in [6.07, 6.45) is 1.74. The summed E-state index contributed by atoms with van der Waals surface area (Å²) >= 11 is 1.34. The molecule has 134 valence electrons. The van der Waals surface area contributed by atoms with E-state index in [4.69, 9.17) is 4.74 Å². The SMILES string of the molecule is Cc1csc(NC(=O)c2ccc(S(=O)(=O)NCC3CCCO3)cc2)n1. The van der Waals surface area contributed by atoms with Crippen LogP contribution < -0.4 is 10.0 Å². The van der Waals surface area contributed by atoms with Crippen molar-refractivity contribution in [2.24, 2.45) is 0 Å². The number of hydrogen-bond acceptors (Lipinski definition) is 6. The van der Waals surface area contributed by atoms with Gasteiger partial charge in [0.25, 0.3) is 5.91 Å². The third-order valence-corrected chi connectivity index (χ3v) is 6.11. The number of nitrogens with zero attached hydrogens (tertiary/aromatic N) is 1. The Balaban J connectivity index is 1.63. The lowest BCUT2D eigenvalue weighted by Crippen LogP contribution is -2.31. The molecule has 3 rings (SSSR count). The number of amides is 1. The summed E-state index contributed by atoms with van der Waals surface area (Å²) in [6, 6.07) is 5.80. The summed E-state index contributed by atoms with van der Waals surface area (Å²) in [5, 5.41) is 5.04. The highest BCUT2D eigenvalue weighted by Gasteiger charge is 2.20. The van der Waals surface area contributed by atoms with Crippen LogP contribution in [0.4, 0.5) is 5.13 Å². The maximum Gasteiger partial charge on any atom is 0.257 e. The average Bonchev–Trinajstić information content (AvgIpc) is 3.25. The van der Waals surface area contributed by atoms with Crippen LogP contribution >= 0.6 is 11.3 Å². The van der Waals surface area contributed by atoms with E-state index in [0.29, 0.717) is 17.3 Å². The maximum absolute atomic E-state index is 12.3. The Kier molecular flexibility index (Phi) is 5.48. The molecule has 1 aliphatic heterocycles. The molecule has 1 fully saturated rings. The van der Waals surface area contributed by atoms with Crippen LogP contribution in [0.25, 0.3) is 0 Å². The molecule has 1 aromatic heterocycles. The van der Waals surface area contributed by atoms with Crippen LogP contribution in [0, 0.1) is 6.92 Å². The second-order valence-electron chi connectivity index (χ2n) is 5.76. The largest absolute Gasteiger partial charge is 0.377 e. The minimum absolute atomic E-state index is 0.0680. The number of thiazole rings is 1. The van der Waals surface area contributed by atoms with E-state index in [1.807, 2.05) is 12.3 Å². The summed E-state index contributed by atoms with van der Waals surface area (Å²) < 4.78 is 32.5. The summed E-state index contributed by atoms with van der Waals surface area (Å²) in [5.74, 6) is -0.328. The number of ether oxygens (including phenoxy) is 1. The number of carbonyl (C=O) groups excluding carboxylic acids is 1. The second kappa shape index (κ2) is 7.61. The van der Waals surface area contributed by atoms with Crippen LogP contribution in [0.15, 0.2) is 34.5 Å². The number of aromatic nitrogens is 1. The Hall–Kier alpha value is -1.81. The zero-order chi connectivity index (χ0) is 17.9. The average molecular weight is 381 g/mol. The van der Waals surface area contributed by atoms with Crippen molar-refractivity contribution in [3.05, 3.63) is 40.9 Å². The lowest BCUT2D eigenvalue weighted by Gasteiger charge is -2.11. The van der Waals surface area contributed by atoms with Gasteiger partial charge in [-0.2, -0.15) is 0 Å². The number of rotatable bonds is 6. The zero-order valence-corrected chi connectivity index (χ0v) is 15.3. The Morgan fingerprint density at radius 3 is 2.72 bits per heavy atom. The Labute approximate surface area is 150 Å². The number of benzene rings is 1. The smallest absolute Gasteiger partial charge is 0.257 e. The molecule has 1 saturated heterocycles. The first-order valence-corrected chi connectivity index (χ1v) is 10.3. The fourth-order valence-electron chi connectivity index (χ4n) is 2.46. The molecule has 2 heterocycles. The van der Waals surface area contributed by atoms with E-state index < -0.39 is 10.0 Å². The number of hydrogen-bond donors (Lipinski definition) is 2. The first kappa shape index (κ1) is 18.0. The lowest BCUT2D eigenvalue weighted by molar-refractivity contribution is 0.102. The summed E-state index contributed by atoms with van der Waals surface area (Å²) in [6.45, 7) is 2.78. The molecule has 0 spiro atoms. The molecule has 9 heteroatoms. The van der Waals surface area contributed by atoms with E-state index in [9.17, 15) is 13.2 Å². The molecule has 2 aromatic rings. The number of nitrogens with one attached hydrogen (secondary N) is 2. The summed E-state index contributed by atoms with van der Waals surface area (Å²) in [5.41, 5.74) is 1.20. The van der Waals surface area contributed by atoms with Gasteiger partial charge in [-0.05, 0) is 44.0 Å². The van der Waals surface area contributed by atoms with Gasteiger partial charge in [-0.1, -0.05) is 0 Å². The van der Waals surface area contributed by atoms with Gasteiger partial charge in [0.15, 0.2) is 5.13 Å². The highest BCUT2D eigenvalue weighted by atomic mass is 32.2. The lowest BCUT2D eigenvalue weighted by atomic mass is 10.2. The molecule has 25 heavy (non-hydrogen) atoms. The van der Waals surface area contributed by atoms with E-state index in [1.165, 1.54) is 35.6 Å². The van der Waals surface area contributed by atoms with Gasteiger partial charge in [0.1, 0.15) is 0 Å². The standard InChI is InChI=1S/C16H19N3O4S2/c1-11-10-24-16(18-11)19-15(20)12-4-6-14(7-5-12)25(21,22)17-9-13-3-2-8-23-13/h4-7,10,13,17H,2-3,8-9H2,1H3,(H,18,19,20). The summed E-state index contributed by atoms with van der Waals surface area (Å²) in [4.78, 5) is 16.4. The topological polar surface area (TPSA) is 97.4 Å². The van der Waals surface area contributed by atoms with Crippen LogP contribution in [0.2, 0.25) is 0 Å². The third-order valence-electron chi connectivity index (χ3n) is 3.79. The van der Waals surface area contributed by atoms with Crippen LogP contribution in [0.3, 0.4) is 0 Å². The van der Waals surface area contributed by atoms with Gasteiger partial charge in [-0.15, -0.1) is 11.3 Å². The minimum atomic E-state index is -3.62.